The molecule has 1 unspecified atom stereocenters. The van der Waals surface area contributed by atoms with E-state index in [1.807, 2.05) is 19.9 Å². The topological polar surface area (TPSA) is 180 Å². The third-order valence-corrected chi connectivity index (χ3v) is 16.2. The molecule has 0 aromatic heterocycles. The lowest BCUT2D eigenvalue weighted by Gasteiger charge is -2.62. The fourth-order valence-electron chi connectivity index (χ4n) is 13.3. The van der Waals surface area contributed by atoms with Crippen molar-refractivity contribution < 1.29 is 62.9 Å². The Labute approximate surface area is 373 Å². The van der Waals surface area contributed by atoms with Gasteiger partial charge in [0.05, 0.1) is 35.5 Å². The van der Waals surface area contributed by atoms with Gasteiger partial charge in [-0.15, -0.1) is 0 Å². The van der Waals surface area contributed by atoms with Crippen molar-refractivity contribution in [2.75, 3.05) is 13.2 Å². The van der Waals surface area contributed by atoms with Crippen LogP contribution in [0.15, 0.2) is 103 Å². The molecule has 340 valence electrons. The molecule has 0 radical (unpaired) electrons. The number of aliphatic hydroxyl groups excluding tert-OH is 2. The summed E-state index contributed by atoms with van der Waals surface area (Å²) in [7, 11) is 0. The highest BCUT2D eigenvalue weighted by Crippen LogP contribution is 2.76. The monoisotopic (exact) mass is 878 g/mol. The third-order valence-electron chi connectivity index (χ3n) is 16.2. The molecule has 13 nitrogen and oxygen atoms in total. The Bertz CT molecular complexity index is 2270. The molecular formula is C51H58O13. The first-order valence-corrected chi connectivity index (χ1v) is 22.9. The van der Waals surface area contributed by atoms with E-state index in [9.17, 15) is 29.7 Å². The normalized spacial score (nSPS) is 42.7. The molecule has 13 heteroatoms. The largest absolute Gasteiger partial charge is 0.462 e. The number of hydrogen-bond acceptors (Lipinski definition) is 13. The molecule has 2 spiro atoms. The van der Waals surface area contributed by atoms with E-state index in [2.05, 4.69) is 13.5 Å². The molecule has 4 heterocycles. The van der Waals surface area contributed by atoms with Crippen molar-refractivity contribution in [2.24, 2.45) is 35.5 Å². The van der Waals surface area contributed by atoms with Crippen LogP contribution in [0.3, 0.4) is 0 Å². The van der Waals surface area contributed by atoms with E-state index in [1.165, 1.54) is 0 Å². The van der Waals surface area contributed by atoms with Gasteiger partial charge < -0.3 is 48.5 Å². The second-order valence-corrected chi connectivity index (χ2v) is 19.5. The van der Waals surface area contributed by atoms with Crippen LogP contribution in [0, 0.1) is 35.5 Å². The second kappa shape index (κ2) is 15.9. The summed E-state index contributed by atoms with van der Waals surface area (Å²) in [6.45, 7) is 9.42. The van der Waals surface area contributed by atoms with Gasteiger partial charge >= 0.3 is 23.9 Å². The molecule has 16 atom stereocenters. The van der Waals surface area contributed by atoms with Crippen LogP contribution in [-0.4, -0.2) is 105 Å². The Kier molecular flexibility index (Phi) is 10.8. The zero-order valence-electron chi connectivity index (χ0n) is 36.5. The van der Waals surface area contributed by atoms with Crippen LogP contribution >= 0.6 is 0 Å². The van der Waals surface area contributed by atoms with Gasteiger partial charge in [-0.1, -0.05) is 101 Å². The number of aliphatic hydroxyl groups is 3. The zero-order chi connectivity index (χ0) is 44.8. The Hall–Kier alpha value is -4.47. The average Bonchev–Trinajstić information content (AvgIpc) is 3.95. The van der Waals surface area contributed by atoms with E-state index in [0.717, 1.165) is 25.7 Å². The molecule has 3 saturated carbocycles. The maximum atomic E-state index is 14.2. The maximum Gasteiger partial charge on any atom is 0.338 e. The predicted molar refractivity (Wildman–Crippen MR) is 228 cm³/mol. The van der Waals surface area contributed by atoms with Crippen molar-refractivity contribution in [3.63, 3.8) is 0 Å². The van der Waals surface area contributed by atoms with E-state index in [-0.39, 0.29) is 30.9 Å². The molecule has 3 aliphatic carbocycles. The SMILES string of the molecule is C=C(C)[C@]12C[C@@H](COC(=O)c3ccccc3)[C@@]34OC5(O[C@@H]1[C@@H]3[C@@H]1O[C@]1(CO)[C@@H](O)[C@@]1(O)[C@H]4[C@H]([C@H](C)[C@@H]1OC(=O)c1ccccc1)[C@H](C)CCCCCC[C@H]5OC(=O)c1ccccc1)O2. The summed E-state index contributed by atoms with van der Waals surface area (Å²) in [4.78, 5) is 42.3. The standard InChI is InChI=1S/C51H58O13/c1-29(2)47-26-35(27-58-43(53)32-19-11-7-12-20-32)50-38-41(47)62-51(63-47,64-50)36(59-44(54)33-21-13-8-14-22-33)25-17-6-5-10-18-30(3)37-31(4)40(60-45(55)34-23-15-9-16-24-34)49(57,39(37)50)46(56)48(28-52)42(38)61-48/h7-9,11-16,19-24,30-31,35-42,46,52,56-57H,1,5-6,10,17-18,25-28H2,2-4H3/t30-,31+,35+,36-,37+,38-,39-,40+,41-,42+,46-,47-,48+,49-,50-,51?/m1/s1. The lowest BCUT2D eigenvalue weighted by atomic mass is 9.51. The van der Waals surface area contributed by atoms with E-state index >= 15 is 0 Å². The van der Waals surface area contributed by atoms with Gasteiger partial charge in [0.15, 0.2) is 6.10 Å². The molecule has 0 amide bonds. The number of carbonyl (C=O) groups is 3. The highest BCUT2D eigenvalue weighted by atomic mass is 16.9. The Morgan fingerprint density at radius 2 is 1.34 bits per heavy atom. The summed E-state index contributed by atoms with van der Waals surface area (Å²) in [6.07, 6.45) is -1.93. The number of epoxide rings is 1. The molecular weight excluding hydrogens is 821 g/mol. The lowest BCUT2D eigenvalue weighted by Crippen LogP contribution is -2.75. The number of fused-ring (bicyclic) bond motifs is 1. The van der Waals surface area contributed by atoms with E-state index in [1.54, 1.807) is 84.9 Å². The summed E-state index contributed by atoms with van der Waals surface area (Å²) in [6, 6.07) is 25.8. The Balaban J connectivity index is 1.21. The van der Waals surface area contributed by atoms with Crippen molar-refractivity contribution >= 4 is 17.9 Å². The predicted octanol–water partition coefficient (Wildman–Crippen LogP) is 6.19. The molecule has 3 aromatic carbocycles. The van der Waals surface area contributed by atoms with E-state index in [0.29, 0.717) is 23.1 Å². The zero-order valence-corrected chi connectivity index (χ0v) is 36.5. The first-order valence-electron chi connectivity index (χ1n) is 22.9. The molecule has 7 aliphatic rings. The number of hydrogen-bond donors (Lipinski definition) is 3. The lowest BCUT2D eigenvalue weighted by molar-refractivity contribution is -0.458. The summed E-state index contributed by atoms with van der Waals surface area (Å²) >= 11 is 0. The van der Waals surface area contributed by atoms with Crippen molar-refractivity contribution in [1.82, 2.24) is 0 Å². The van der Waals surface area contributed by atoms with Crippen LogP contribution in [0.5, 0.6) is 0 Å². The fraction of sp³-hybridized carbons (Fsp3) is 0.549. The molecule has 3 N–H and O–H groups in total. The van der Waals surface area contributed by atoms with Crippen LogP contribution in [0.1, 0.15) is 96.8 Å². The smallest absolute Gasteiger partial charge is 0.338 e. The molecule has 3 aromatic rings. The quantitative estimate of drug-likeness (QED) is 0.0960. The van der Waals surface area contributed by atoms with Crippen LogP contribution in [0.2, 0.25) is 0 Å². The van der Waals surface area contributed by atoms with Crippen molar-refractivity contribution in [3.05, 3.63) is 120 Å². The highest BCUT2D eigenvalue weighted by molar-refractivity contribution is 5.90. The summed E-state index contributed by atoms with van der Waals surface area (Å²) in [5.74, 6) is -8.00. The number of benzene rings is 3. The van der Waals surface area contributed by atoms with Gasteiger partial charge in [-0.3, -0.25) is 0 Å². The average molecular weight is 879 g/mol. The minimum atomic E-state index is -2.34. The second-order valence-electron chi connectivity index (χ2n) is 19.5. The first-order chi connectivity index (χ1) is 30.8. The number of esters is 3. The van der Waals surface area contributed by atoms with Crippen molar-refractivity contribution in [1.29, 1.82) is 0 Å². The highest BCUT2D eigenvalue weighted by Gasteiger charge is 2.91. The minimum absolute atomic E-state index is 0.123. The molecule has 7 fully saturated rings. The third kappa shape index (κ3) is 6.25. The number of rotatable bonds is 9. The van der Waals surface area contributed by atoms with E-state index in [4.69, 9.17) is 33.2 Å². The Morgan fingerprint density at radius 1 is 0.766 bits per heavy atom. The summed E-state index contributed by atoms with van der Waals surface area (Å²) in [5.41, 5.74) is -5.63. The number of ether oxygens (including phenoxy) is 7. The maximum absolute atomic E-state index is 14.2. The number of carbonyl (C=O) groups excluding carboxylic acids is 3. The van der Waals surface area contributed by atoms with Gasteiger partial charge in [0.1, 0.15) is 41.2 Å². The van der Waals surface area contributed by atoms with Crippen LogP contribution in [0.25, 0.3) is 0 Å². The Morgan fingerprint density at radius 3 is 1.94 bits per heavy atom. The van der Waals surface area contributed by atoms with Gasteiger partial charge in [-0.25, -0.2) is 14.4 Å². The molecule has 10 rings (SSSR count). The molecule has 64 heavy (non-hydrogen) atoms. The van der Waals surface area contributed by atoms with Gasteiger partial charge in [0.2, 0.25) is 0 Å². The van der Waals surface area contributed by atoms with Gasteiger partial charge in [-0.05, 0) is 85.9 Å². The summed E-state index contributed by atoms with van der Waals surface area (Å²) in [5, 5.41) is 38.6. The van der Waals surface area contributed by atoms with Gasteiger partial charge in [0.25, 0.3) is 0 Å². The first kappa shape index (κ1) is 43.4. The summed E-state index contributed by atoms with van der Waals surface area (Å²) < 4.78 is 48.1. The van der Waals surface area contributed by atoms with E-state index < -0.39 is 113 Å². The fourth-order valence-corrected chi connectivity index (χ4v) is 13.3. The van der Waals surface area contributed by atoms with Crippen molar-refractivity contribution in [2.45, 2.75) is 125 Å². The van der Waals surface area contributed by atoms with Crippen LogP contribution in [-0.2, 0) is 33.2 Å². The molecule has 4 saturated heterocycles. The van der Waals surface area contributed by atoms with Gasteiger partial charge in [0, 0.05) is 17.8 Å². The molecule has 4 aliphatic heterocycles. The minimum Gasteiger partial charge on any atom is -0.462 e. The molecule has 3 bridgehead atoms. The van der Waals surface area contributed by atoms with Crippen LogP contribution in [0.4, 0.5) is 0 Å². The van der Waals surface area contributed by atoms with Gasteiger partial charge in [-0.2, -0.15) is 0 Å². The van der Waals surface area contributed by atoms with Crippen molar-refractivity contribution in [3.8, 4) is 0 Å². The van der Waals surface area contributed by atoms with Crippen LogP contribution < -0.4 is 0 Å².